The molecule has 31 heavy (non-hydrogen) atoms. The summed E-state index contributed by atoms with van der Waals surface area (Å²) in [6, 6.07) is 12.9. The average molecular weight is 443 g/mol. The summed E-state index contributed by atoms with van der Waals surface area (Å²) in [6.45, 7) is 1.67. The molecule has 0 spiro atoms. The fourth-order valence-corrected chi connectivity index (χ4v) is 4.14. The van der Waals surface area contributed by atoms with Crippen LogP contribution in [0.15, 0.2) is 48.5 Å². The summed E-state index contributed by atoms with van der Waals surface area (Å²) < 4.78 is 0. The van der Waals surface area contributed by atoms with E-state index in [0.29, 0.717) is 19.3 Å². The van der Waals surface area contributed by atoms with E-state index in [0.717, 1.165) is 16.7 Å². The van der Waals surface area contributed by atoms with Gasteiger partial charge in [0, 0.05) is 0 Å². The van der Waals surface area contributed by atoms with Gasteiger partial charge in [-0.05, 0) is 49.4 Å². The third-order valence-electron chi connectivity index (χ3n) is 5.50. The van der Waals surface area contributed by atoms with Gasteiger partial charge in [0.1, 0.15) is 11.8 Å². The molecule has 0 bridgehead atoms. The van der Waals surface area contributed by atoms with E-state index < -0.39 is 29.1 Å². The maximum atomic E-state index is 12.9. The molecule has 1 aliphatic heterocycles. The Morgan fingerprint density at radius 2 is 1.74 bits per heavy atom. The molecule has 2 amide bonds. The van der Waals surface area contributed by atoms with Gasteiger partial charge < -0.3 is 20.4 Å². The highest BCUT2D eigenvalue weighted by Crippen LogP contribution is 2.36. The number of carboxylic acid groups (broad SMARTS) is 1. The van der Waals surface area contributed by atoms with Crippen molar-refractivity contribution in [3.8, 4) is 5.75 Å². The first kappa shape index (κ1) is 22.7. The maximum Gasteiger partial charge on any atom is 0.326 e. The Hall–Kier alpha value is -3.00. The third-order valence-corrected chi connectivity index (χ3v) is 5.92. The van der Waals surface area contributed by atoms with Crippen molar-refractivity contribution < 1.29 is 24.6 Å². The molecule has 2 aromatic rings. The SMILES string of the molecule is Cc1ccc(C2CCC(C(=O)O)N2C(=O)CNC(=O)[C@@H](S)Cc2ccc(O)cc2)cc1. The molecule has 1 fully saturated rings. The summed E-state index contributed by atoms with van der Waals surface area (Å²) >= 11 is 4.32. The summed E-state index contributed by atoms with van der Waals surface area (Å²) in [5.74, 6) is -1.76. The van der Waals surface area contributed by atoms with Crippen molar-refractivity contribution in [2.24, 2.45) is 0 Å². The highest BCUT2D eigenvalue weighted by Gasteiger charge is 2.41. The Balaban J connectivity index is 1.64. The second kappa shape index (κ2) is 9.87. The maximum absolute atomic E-state index is 12.9. The van der Waals surface area contributed by atoms with Crippen LogP contribution in [0.3, 0.4) is 0 Å². The van der Waals surface area contributed by atoms with E-state index >= 15 is 0 Å². The zero-order valence-electron chi connectivity index (χ0n) is 17.2. The molecule has 3 rings (SSSR count). The number of phenols is 1. The Morgan fingerprint density at radius 3 is 2.35 bits per heavy atom. The van der Waals surface area contributed by atoms with Crippen LogP contribution in [-0.2, 0) is 20.8 Å². The molecule has 7 nitrogen and oxygen atoms in total. The first-order chi connectivity index (χ1) is 14.8. The molecule has 2 unspecified atom stereocenters. The summed E-state index contributed by atoms with van der Waals surface area (Å²) in [7, 11) is 0. The van der Waals surface area contributed by atoms with Gasteiger partial charge in [-0.25, -0.2) is 4.79 Å². The van der Waals surface area contributed by atoms with E-state index in [4.69, 9.17) is 0 Å². The lowest BCUT2D eigenvalue weighted by atomic mass is 10.0. The number of aliphatic carboxylic acids is 1. The molecular formula is C23H26N2O5S. The minimum absolute atomic E-state index is 0.135. The van der Waals surface area contributed by atoms with Crippen LogP contribution in [0.4, 0.5) is 0 Å². The zero-order chi connectivity index (χ0) is 22.5. The Bertz CT molecular complexity index is 945. The van der Waals surface area contributed by atoms with Gasteiger partial charge in [0.25, 0.3) is 0 Å². The third kappa shape index (κ3) is 5.58. The van der Waals surface area contributed by atoms with E-state index in [1.54, 1.807) is 12.1 Å². The van der Waals surface area contributed by atoms with Crippen LogP contribution < -0.4 is 5.32 Å². The second-order valence-corrected chi connectivity index (χ2v) is 8.39. The van der Waals surface area contributed by atoms with Crippen molar-refractivity contribution in [2.75, 3.05) is 6.54 Å². The predicted octanol–water partition coefficient (Wildman–Crippen LogP) is 2.47. The largest absolute Gasteiger partial charge is 0.508 e. The monoisotopic (exact) mass is 442 g/mol. The van der Waals surface area contributed by atoms with Crippen molar-refractivity contribution in [1.29, 1.82) is 0 Å². The normalized spacial score (nSPS) is 19.1. The molecule has 0 aliphatic carbocycles. The number of aryl methyl sites for hydroxylation is 1. The van der Waals surface area contributed by atoms with Gasteiger partial charge in [-0.15, -0.1) is 0 Å². The van der Waals surface area contributed by atoms with Gasteiger partial charge in [0.15, 0.2) is 0 Å². The van der Waals surface area contributed by atoms with Gasteiger partial charge in [-0.2, -0.15) is 12.6 Å². The number of hydrogen-bond donors (Lipinski definition) is 4. The minimum Gasteiger partial charge on any atom is -0.508 e. The number of carbonyl (C=O) groups excluding carboxylic acids is 2. The van der Waals surface area contributed by atoms with Gasteiger partial charge in [-0.1, -0.05) is 42.0 Å². The lowest BCUT2D eigenvalue weighted by molar-refractivity contribution is -0.149. The Kier molecular flexibility index (Phi) is 7.22. The van der Waals surface area contributed by atoms with E-state index in [1.165, 1.54) is 17.0 Å². The van der Waals surface area contributed by atoms with Gasteiger partial charge >= 0.3 is 5.97 Å². The molecule has 164 valence electrons. The van der Waals surface area contributed by atoms with Crippen LogP contribution in [0.5, 0.6) is 5.75 Å². The van der Waals surface area contributed by atoms with Crippen molar-refractivity contribution in [1.82, 2.24) is 10.2 Å². The minimum atomic E-state index is -1.05. The number of nitrogens with one attached hydrogen (secondary N) is 1. The number of hydrogen-bond acceptors (Lipinski definition) is 5. The van der Waals surface area contributed by atoms with Gasteiger partial charge in [0.2, 0.25) is 11.8 Å². The molecule has 1 heterocycles. The number of rotatable bonds is 7. The Labute approximate surface area is 186 Å². The van der Waals surface area contributed by atoms with Crippen molar-refractivity contribution in [3.05, 3.63) is 65.2 Å². The number of phenolic OH excluding ortho intramolecular Hbond substituents is 1. The van der Waals surface area contributed by atoms with Crippen LogP contribution in [0, 0.1) is 6.92 Å². The fourth-order valence-electron chi connectivity index (χ4n) is 3.84. The molecule has 3 N–H and O–H groups in total. The summed E-state index contributed by atoms with van der Waals surface area (Å²) in [5.41, 5.74) is 2.78. The topological polar surface area (TPSA) is 107 Å². The van der Waals surface area contributed by atoms with Gasteiger partial charge in [0.05, 0.1) is 17.8 Å². The van der Waals surface area contributed by atoms with Crippen LogP contribution in [0.1, 0.15) is 35.6 Å². The van der Waals surface area contributed by atoms with Crippen LogP contribution in [0.2, 0.25) is 0 Å². The first-order valence-electron chi connectivity index (χ1n) is 10.1. The lowest BCUT2D eigenvalue weighted by Crippen LogP contribution is -2.47. The molecule has 1 aliphatic rings. The second-order valence-electron chi connectivity index (χ2n) is 7.76. The highest BCUT2D eigenvalue weighted by molar-refractivity contribution is 7.81. The number of nitrogens with zero attached hydrogens (tertiary/aromatic N) is 1. The number of benzene rings is 2. The average Bonchev–Trinajstić information content (AvgIpc) is 3.19. The van der Waals surface area contributed by atoms with Crippen molar-refractivity contribution in [3.63, 3.8) is 0 Å². The van der Waals surface area contributed by atoms with E-state index in [2.05, 4.69) is 17.9 Å². The predicted molar refractivity (Wildman–Crippen MR) is 119 cm³/mol. The molecule has 0 radical (unpaired) electrons. The highest BCUT2D eigenvalue weighted by atomic mass is 32.1. The number of carbonyl (C=O) groups is 3. The molecular weight excluding hydrogens is 416 g/mol. The quantitative estimate of drug-likeness (QED) is 0.493. The zero-order valence-corrected chi connectivity index (χ0v) is 18.1. The Morgan fingerprint density at radius 1 is 1.10 bits per heavy atom. The van der Waals surface area contributed by atoms with Crippen molar-refractivity contribution in [2.45, 2.75) is 43.5 Å². The van der Waals surface area contributed by atoms with E-state index in [1.807, 2.05) is 31.2 Å². The lowest BCUT2D eigenvalue weighted by Gasteiger charge is -2.29. The number of amides is 2. The van der Waals surface area contributed by atoms with Crippen LogP contribution in [0.25, 0.3) is 0 Å². The van der Waals surface area contributed by atoms with Crippen LogP contribution >= 0.6 is 12.6 Å². The van der Waals surface area contributed by atoms with Crippen molar-refractivity contribution >= 4 is 30.4 Å². The molecule has 8 heteroatoms. The van der Waals surface area contributed by atoms with Crippen LogP contribution in [-0.4, -0.2) is 50.7 Å². The summed E-state index contributed by atoms with van der Waals surface area (Å²) in [5, 5.41) is 20.8. The van der Waals surface area contributed by atoms with E-state index in [-0.39, 0.29) is 18.3 Å². The molecule has 1 saturated heterocycles. The first-order valence-corrected chi connectivity index (χ1v) is 10.6. The molecule has 0 saturated carbocycles. The number of likely N-dealkylation sites (tertiary alicyclic amines) is 1. The number of aromatic hydroxyl groups is 1. The fraction of sp³-hybridized carbons (Fsp3) is 0.348. The number of carboxylic acids is 1. The summed E-state index contributed by atoms with van der Waals surface area (Å²) in [6.07, 6.45) is 1.25. The molecule has 0 aromatic heterocycles. The molecule has 3 atom stereocenters. The standard InChI is InChI=1S/C23H26N2O5S/c1-14-2-6-16(7-3-14)18-10-11-19(23(29)30)25(18)21(27)13-24-22(28)20(31)12-15-4-8-17(26)9-5-15/h2-9,18-20,26,31H,10-13H2,1H3,(H,24,28)(H,29,30)/t18?,19?,20-/m0/s1. The number of thiol groups is 1. The smallest absolute Gasteiger partial charge is 0.326 e. The van der Waals surface area contributed by atoms with E-state index in [9.17, 15) is 24.6 Å². The van der Waals surface area contributed by atoms with Gasteiger partial charge in [-0.3, -0.25) is 9.59 Å². The summed E-state index contributed by atoms with van der Waals surface area (Å²) in [4.78, 5) is 38.4. The molecule has 2 aromatic carbocycles.